The molecule has 0 spiro atoms. The number of nitrogens with one attached hydrogen (secondary N) is 1. The number of nitrogens with zero attached hydrogens (tertiary/aromatic N) is 2. The highest BCUT2D eigenvalue weighted by molar-refractivity contribution is 6.32. The molecule has 0 unspecified atom stereocenters. The Hall–Kier alpha value is -1.81. The molecule has 0 saturated carbocycles. The van der Waals surface area contributed by atoms with Gasteiger partial charge in [0.2, 0.25) is 5.88 Å². The number of benzene rings is 1. The maximum atomic E-state index is 6.11. The second-order valence-corrected chi connectivity index (χ2v) is 4.73. The molecule has 0 amide bonds. The first kappa shape index (κ1) is 14.6. The summed E-state index contributed by atoms with van der Waals surface area (Å²) in [4.78, 5) is 8.50. The standard InChI is InChI=1S/C15H18ClN3O/c1-3-9-17-14-11(4-2)15(19-10-18-14)20-13-8-6-5-7-12(13)16/h5-8,10H,3-4,9H2,1-2H3,(H,17,18,19). The summed E-state index contributed by atoms with van der Waals surface area (Å²) in [6.07, 6.45) is 3.32. The highest BCUT2D eigenvalue weighted by Crippen LogP contribution is 2.31. The lowest BCUT2D eigenvalue weighted by Gasteiger charge is -2.13. The van der Waals surface area contributed by atoms with Crippen LogP contribution in [0.4, 0.5) is 5.82 Å². The third-order valence-electron chi connectivity index (χ3n) is 2.85. The molecule has 106 valence electrons. The van der Waals surface area contributed by atoms with Crippen LogP contribution in [0.3, 0.4) is 0 Å². The average Bonchev–Trinajstić information content (AvgIpc) is 2.47. The Morgan fingerprint density at radius 1 is 1.20 bits per heavy atom. The summed E-state index contributed by atoms with van der Waals surface area (Å²) in [5, 5.41) is 3.86. The fraction of sp³-hybridized carbons (Fsp3) is 0.333. The van der Waals surface area contributed by atoms with Gasteiger partial charge in [0.25, 0.3) is 0 Å². The van der Waals surface area contributed by atoms with E-state index in [9.17, 15) is 0 Å². The summed E-state index contributed by atoms with van der Waals surface area (Å²) < 4.78 is 5.83. The quantitative estimate of drug-likeness (QED) is 0.861. The first-order valence-electron chi connectivity index (χ1n) is 6.76. The molecule has 0 saturated heterocycles. The topological polar surface area (TPSA) is 47.0 Å². The van der Waals surface area contributed by atoms with Gasteiger partial charge in [-0.2, -0.15) is 0 Å². The van der Waals surface area contributed by atoms with E-state index in [1.54, 1.807) is 6.07 Å². The molecule has 0 atom stereocenters. The lowest BCUT2D eigenvalue weighted by atomic mass is 10.2. The van der Waals surface area contributed by atoms with Gasteiger partial charge in [0, 0.05) is 6.54 Å². The van der Waals surface area contributed by atoms with E-state index in [0.717, 1.165) is 30.8 Å². The molecular formula is C15H18ClN3O. The van der Waals surface area contributed by atoms with Crippen molar-refractivity contribution >= 4 is 17.4 Å². The predicted octanol–water partition coefficient (Wildman–Crippen LogP) is 4.31. The van der Waals surface area contributed by atoms with Crippen molar-refractivity contribution in [3.05, 3.63) is 41.2 Å². The molecule has 1 heterocycles. The number of hydrogen-bond donors (Lipinski definition) is 1. The van der Waals surface area contributed by atoms with Crippen LogP contribution >= 0.6 is 11.6 Å². The van der Waals surface area contributed by atoms with Crippen molar-refractivity contribution in [3.63, 3.8) is 0 Å². The van der Waals surface area contributed by atoms with Crippen molar-refractivity contribution in [1.82, 2.24) is 9.97 Å². The summed E-state index contributed by atoms with van der Waals surface area (Å²) in [6, 6.07) is 7.36. The van der Waals surface area contributed by atoms with Crippen LogP contribution in [0, 0.1) is 0 Å². The summed E-state index contributed by atoms with van der Waals surface area (Å²) >= 11 is 6.11. The van der Waals surface area contributed by atoms with Gasteiger partial charge in [-0.15, -0.1) is 0 Å². The van der Waals surface area contributed by atoms with Gasteiger partial charge in [-0.1, -0.05) is 37.6 Å². The van der Waals surface area contributed by atoms with Crippen molar-refractivity contribution in [2.24, 2.45) is 0 Å². The van der Waals surface area contributed by atoms with Crippen molar-refractivity contribution in [2.45, 2.75) is 26.7 Å². The van der Waals surface area contributed by atoms with Gasteiger partial charge in [0.05, 0.1) is 10.6 Å². The van der Waals surface area contributed by atoms with E-state index in [2.05, 4.69) is 29.1 Å². The summed E-state index contributed by atoms with van der Waals surface area (Å²) in [7, 11) is 0. The molecule has 2 aromatic rings. The van der Waals surface area contributed by atoms with Crippen molar-refractivity contribution in [1.29, 1.82) is 0 Å². The molecule has 1 aromatic carbocycles. The summed E-state index contributed by atoms with van der Waals surface area (Å²) in [6.45, 7) is 5.03. The fourth-order valence-corrected chi connectivity index (χ4v) is 2.00. The lowest BCUT2D eigenvalue weighted by molar-refractivity contribution is 0.456. The van der Waals surface area contributed by atoms with Crippen LogP contribution in [-0.2, 0) is 6.42 Å². The Bertz CT molecular complexity index is 575. The molecule has 0 aliphatic carbocycles. The molecule has 1 aromatic heterocycles. The SMILES string of the molecule is CCCNc1ncnc(Oc2ccccc2Cl)c1CC. The van der Waals surface area contributed by atoms with E-state index < -0.39 is 0 Å². The number of ether oxygens (including phenoxy) is 1. The van der Waals surface area contributed by atoms with Crippen LogP contribution in [0.15, 0.2) is 30.6 Å². The van der Waals surface area contributed by atoms with Crippen LogP contribution in [-0.4, -0.2) is 16.5 Å². The molecule has 4 nitrogen and oxygen atoms in total. The number of rotatable bonds is 6. The lowest BCUT2D eigenvalue weighted by Crippen LogP contribution is -2.07. The maximum absolute atomic E-state index is 6.11. The van der Waals surface area contributed by atoms with Crippen LogP contribution in [0.2, 0.25) is 5.02 Å². The predicted molar refractivity (Wildman–Crippen MR) is 81.7 cm³/mol. The zero-order valence-electron chi connectivity index (χ0n) is 11.7. The minimum atomic E-state index is 0.550. The van der Waals surface area contributed by atoms with E-state index in [1.165, 1.54) is 6.33 Å². The highest BCUT2D eigenvalue weighted by atomic mass is 35.5. The van der Waals surface area contributed by atoms with Crippen LogP contribution in [0.5, 0.6) is 11.6 Å². The van der Waals surface area contributed by atoms with Crippen LogP contribution in [0.1, 0.15) is 25.8 Å². The van der Waals surface area contributed by atoms with E-state index in [0.29, 0.717) is 16.7 Å². The van der Waals surface area contributed by atoms with Gasteiger partial charge in [-0.3, -0.25) is 0 Å². The number of aromatic nitrogens is 2. The molecule has 0 aliphatic heterocycles. The Kier molecular flexibility index (Phi) is 5.18. The van der Waals surface area contributed by atoms with Gasteiger partial charge >= 0.3 is 0 Å². The third kappa shape index (κ3) is 3.39. The van der Waals surface area contributed by atoms with Crippen molar-refractivity contribution in [2.75, 3.05) is 11.9 Å². The summed E-state index contributed by atoms with van der Waals surface area (Å²) in [5.41, 5.74) is 0.959. The Morgan fingerprint density at radius 3 is 2.70 bits per heavy atom. The second-order valence-electron chi connectivity index (χ2n) is 4.32. The number of anilines is 1. The number of halogens is 1. The van der Waals surface area contributed by atoms with E-state index in [1.807, 2.05) is 18.2 Å². The first-order valence-corrected chi connectivity index (χ1v) is 7.14. The minimum Gasteiger partial charge on any atom is -0.437 e. The van der Waals surface area contributed by atoms with E-state index >= 15 is 0 Å². The van der Waals surface area contributed by atoms with Gasteiger partial charge in [-0.25, -0.2) is 9.97 Å². The van der Waals surface area contributed by atoms with Crippen molar-refractivity contribution in [3.8, 4) is 11.6 Å². The number of para-hydroxylation sites is 1. The minimum absolute atomic E-state index is 0.550. The summed E-state index contributed by atoms with van der Waals surface area (Å²) in [5.74, 6) is 1.98. The molecule has 0 radical (unpaired) electrons. The molecule has 0 bridgehead atoms. The Labute approximate surface area is 124 Å². The van der Waals surface area contributed by atoms with Gasteiger partial charge in [0.1, 0.15) is 17.9 Å². The van der Waals surface area contributed by atoms with Gasteiger partial charge in [0.15, 0.2) is 0 Å². The molecule has 20 heavy (non-hydrogen) atoms. The zero-order valence-corrected chi connectivity index (χ0v) is 12.4. The molecule has 2 rings (SSSR count). The van der Waals surface area contributed by atoms with Crippen molar-refractivity contribution < 1.29 is 4.74 Å². The Balaban J connectivity index is 2.29. The van der Waals surface area contributed by atoms with E-state index in [4.69, 9.17) is 16.3 Å². The highest BCUT2D eigenvalue weighted by Gasteiger charge is 2.12. The monoisotopic (exact) mass is 291 g/mol. The zero-order chi connectivity index (χ0) is 14.4. The van der Waals surface area contributed by atoms with Gasteiger partial charge < -0.3 is 10.1 Å². The van der Waals surface area contributed by atoms with E-state index in [-0.39, 0.29) is 0 Å². The Morgan fingerprint density at radius 2 is 2.00 bits per heavy atom. The molecule has 0 fully saturated rings. The molecule has 1 N–H and O–H groups in total. The second kappa shape index (κ2) is 7.10. The number of hydrogen-bond acceptors (Lipinski definition) is 4. The molecule has 0 aliphatic rings. The third-order valence-corrected chi connectivity index (χ3v) is 3.16. The normalized spacial score (nSPS) is 10.3. The van der Waals surface area contributed by atoms with Crippen LogP contribution in [0.25, 0.3) is 0 Å². The maximum Gasteiger partial charge on any atom is 0.227 e. The molecule has 5 heteroatoms. The fourth-order valence-electron chi connectivity index (χ4n) is 1.83. The first-order chi connectivity index (χ1) is 9.76. The molecular weight excluding hydrogens is 274 g/mol. The largest absolute Gasteiger partial charge is 0.437 e. The van der Waals surface area contributed by atoms with Crippen LogP contribution < -0.4 is 10.1 Å². The average molecular weight is 292 g/mol. The smallest absolute Gasteiger partial charge is 0.227 e. The van der Waals surface area contributed by atoms with Gasteiger partial charge in [-0.05, 0) is 25.0 Å².